The van der Waals surface area contributed by atoms with E-state index in [4.69, 9.17) is 14.2 Å². The molecule has 0 aromatic heterocycles. The first-order chi connectivity index (χ1) is 17.5. The Morgan fingerprint density at radius 1 is 1.03 bits per heavy atom. The molecule has 12 nitrogen and oxygen atoms in total. The molecule has 0 bridgehead atoms. The summed E-state index contributed by atoms with van der Waals surface area (Å²) in [5.74, 6) is -1.39. The number of carbonyl (C=O) groups excluding carboxylic acids is 4. The average Bonchev–Trinajstić information content (AvgIpc) is 3.04. The van der Waals surface area contributed by atoms with Crippen molar-refractivity contribution in [2.45, 2.75) is 101 Å². The van der Waals surface area contributed by atoms with E-state index in [0.717, 1.165) is 45.3 Å². The van der Waals surface area contributed by atoms with Crippen molar-refractivity contribution in [3.8, 4) is 0 Å². The van der Waals surface area contributed by atoms with Crippen LogP contribution in [0.1, 0.15) is 58.8 Å². The van der Waals surface area contributed by atoms with Crippen molar-refractivity contribution in [3.05, 3.63) is 12.2 Å². The number of rotatable bonds is 11. The van der Waals surface area contributed by atoms with E-state index in [1.807, 2.05) is 0 Å². The lowest BCUT2D eigenvalue weighted by Crippen LogP contribution is -2.55. The molecule has 1 heterocycles. The third kappa shape index (κ3) is 9.69. The number of hydrogen-bond acceptors (Lipinski definition) is 10. The van der Waals surface area contributed by atoms with E-state index in [1.165, 1.54) is 6.08 Å². The number of amides is 2. The zero-order valence-corrected chi connectivity index (χ0v) is 21.6. The number of aliphatic hydroxyl groups is 3. The fourth-order valence-corrected chi connectivity index (χ4v) is 4.18. The van der Waals surface area contributed by atoms with Crippen LogP contribution in [-0.4, -0.2) is 95.9 Å². The number of aldehydes is 1. The Labute approximate surface area is 216 Å². The minimum absolute atomic E-state index is 0.0513. The van der Waals surface area contributed by atoms with Gasteiger partial charge < -0.3 is 45.0 Å². The Bertz CT molecular complexity index is 811. The summed E-state index contributed by atoms with van der Waals surface area (Å²) in [7, 11) is 1.13. The van der Waals surface area contributed by atoms with E-state index in [1.54, 1.807) is 13.8 Å². The highest BCUT2D eigenvalue weighted by atomic mass is 16.7. The van der Waals surface area contributed by atoms with E-state index < -0.39 is 59.9 Å². The molecule has 12 heteroatoms. The van der Waals surface area contributed by atoms with E-state index >= 15 is 0 Å². The third-order valence-electron chi connectivity index (χ3n) is 6.54. The van der Waals surface area contributed by atoms with Crippen LogP contribution >= 0.6 is 0 Å². The zero-order valence-electron chi connectivity index (χ0n) is 21.6. The van der Waals surface area contributed by atoms with Gasteiger partial charge in [-0.15, -0.1) is 0 Å². The largest absolute Gasteiger partial charge is 0.508 e. The maximum atomic E-state index is 12.8. The molecule has 37 heavy (non-hydrogen) atoms. The molecular weight excluding hydrogens is 488 g/mol. The summed E-state index contributed by atoms with van der Waals surface area (Å²) in [6.07, 6.45) is -0.146. The molecule has 2 rings (SSSR count). The summed E-state index contributed by atoms with van der Waals surface area (Å²) in [4.78, 5) is 48.4. The molecule has 6 atom stereocenters. The van der Waals surface area contributed by atoms with Crippen molar-refractivity contribution in [2.24, 2.45) is 5.41 Å². The molecule has 0 spiro atoms. The SMILES string of the molecule is CO[C@@H](C(=O)N[C@H]1CC[C@@H](OC(=O)OC2CCCCC2)CNC1=O)[C@H](O)[C@@H](O)[C@H](O)C=CC(C)(C)C=O. The summed E-state index contributed by atoms with van der Waals surface area (Å²) < 4.78 is 15.7. The smallest absolute Gasteiger partial charge is 0.431 e. The van der Waals surface area contributed by atoms with Crippen LogP contribution in [0.15, 0.2) is 12.2 Å². The third-order valence-corrected chi connectivity index (χ3v) is 6.54. The van der Waals surface area contributed by atoms with Crippen LogP contribution in [0.4, 0.5) is 4.79 Å². The van der Waals surface area contributed by atoms with Crippen molar-refractivity contribution in [2.75, 3.05) is 13.7 Å². The van der Waals surface area contributed by atoms with Gasteiger partial charge in [0.15, 0.2) is 6.10 Å². The lowest BCUT2D eigenvalue weighted by Gasteiger charge is -2.28. The Balaban J connectivity index is 1.90. The molecule has 2 aliphatic rings. The summed E-state index contributed by atoms with van der Waals surface area (Å²) >= 11 is 0. The first kappa shape index (κ1) is 30.7. The van der Waals surface area contributed by atoms with Gasteiger partial charge in [-0.05, 0) is 52.4 Å². The monoisotopic (exact) mass is 528 g/mol. The van der Waals surface area contributed by atoms with Crippen LogP contribution in [-0.2, 0) is 28.6 Å². The van der Waals surface area contributed by atoms with Crippen molar-refractivity contribution in [1.29, 1.82) is 0 Å². The Hall–Kier alpha value is -2.54. The first-order valence-electron chi connectivity index (χ1n) is 12.7. The Morgan fingerprint density at radius 3 is 2.30 bits per heavy atom. The highest BCUT2D eigenvalue weighted by molar-refractivity contribution is 5.89. The summed E-state index contributed by atoms with van der Waals surface area (Å²) in [6, 6.07) is -1.00. The minimum Gasteiger partial charge on any atom is -0.431 e. The highest BCUT2D eigenvalue weighted by Gasteiger charge is 2.38. The number of methoxy groups -OCH3 is 1. The Morgan fingerprint density at radius 2 is 1.68 bits per heavy atom. The fraction of sp³-hybridized carbons (Fsp3) is 0.760. The second-order valence-corrected chi connectivity index (χ2v) is 10.2. The predicted molar refractivity (Wildman–Crippen MR) is 130 cm³/mol. The van der Waals surface area contributed by atoms with Crippen LogP contribution in [0, 0.1) is 5.41 Å². The lowest BCUT2D eigenvalue weighted by molar-refractivity contribution is -0.150. The number of carbonyl (C=O) groups is 4. The number of nitrogens with one attached hydrogen (secondary N) is 2. The van der Waals surface area contributed by atoms with Gasteiger partial charge in [0.1, 0.15) is 42.8 Å². The van der Waals surface area contributed by atoms with E-state index in [9.17, 15) is 34.5 Å². The van der Waals surface area contributed by atoms with Crippen molar-refractivity contribution >= 4 is 24.3 Å². The van der Waals surface area contributed by atoms with Gasteiger partial charge in [-0.2, -0.15) is 0 Å². The number of hydrogen-bond donors (Lipinski definition) is 5. The minimum atomic E-state index is -1.84. The molecular formula is C25H40N2O10. The maximum Gasteiger partial charge on any atom is 0.508 e. The molecule has 1 saturated carbocycles. The van der Waals surface area contributed by atoms with Crippen molar-refractivity contribution < 1.29 is 48.7 Å². The molecule has 5 N–H and O–H groups in total. The molecule has 210 valence electrons. The van der Waals surface area contributed by atoms with Gasteiger partial charge in [-0.1, -0.05) is 18.6 Å². The zero-order chi connectivity index (χ0) is 27.6. The van der Waals surface area contributed by atoms with Crippen LogP contribution in [0.25, 0.3) is 0 Å². The van der Waals surface area contributed by atoms with Gasteiger partial charge >= 0.3 is 6.16 Å². The second-order valence-electron chi connectivity index (χ2n) is 10.2. The van der Waals surface area contributed by atoms with E-state index in [-0.39, 0.29) is 25.5 Å². The molecule has 1 saturated heterocycles. The molecule has 2 fully saturated rings. The Kier molecular flexibility index (Phi) is 12.0. The highest BCUT2D eigenvalue weighted by Crippen LogP contribution is 2.21. The van der Waals surface area contributed by atoms with Crippen molar-refractivity contribution in [1.82, 2.24) is 10.6 Å². The molecule has 2 amide bonds. The number of aliphatic hydroxyl groups excluding tert-OH is 3. The molecule has 1 aliphatic heterocycles. The molecule has 0 unspecified atom stereocenters. The fourth-order valence-electron chi connectivity index (χ4n) is 4.18. The molecule has 0 aromatic carbocycles. The van der Waals surface area contributed by atoms with Crippen molar-refractivity contribution in [3.63, 3.8) is 0 Å². The summed E-state index contributed by atoms with van der Waals surface area (Å²) in [6.45, 7) is 3.23. The van der Waals surface area contributed by atoms with E-state index in [2.05, 4.69) is 10.6 Å². The summed E-state index contributed by atoms with van der Waals surface area (Å²) in [5.41, 5.74) is -0.898. The predicted octanol–water partition coefficient (Wildman–Crippen LogP) is 0.115. The van der Waals surface area contributed by atoms with Gasteiger partial charge in [0, 0.05) is 12.5 Å². The van der Waals surface area contributed by atoms with Gasteiger partial charge in [-0.3, -0.25) is 9.59 Å². The van der Waals surface area contributed by atoms with Crippen LogP contribution in [0.2, 0.25) is 0 Å². The number of allylic oxidation sites excluding steroid dienone is 1. The summed E-state index contributed by atoms with van der Waals surface area (Å²) in [5, 5.41) is 36.0. The van der Waals surface area contributed by atoms with Crippen LogP contribution < -0.4 is 10.6 Å². The first-order valence-corrected chi connectivity index (χ1v) is 12.7. The molecule has 1 aliphatic carbocycles. The van der Waals surface area contributed by atoms with Crippen LogP contribution in [0.3, 0.4) is 0 Å². The topological polar surface area (TPSA) is 181 Å². The van der Waals surface area contributed by atoms with Crippen LogP contribution in [0.5, 0.6) is 0 Å². The van der Waals surface area contributed by atoms with Gasteiger partial charge in [0.05, 0.1) is 6.54 Å². The number of ether oxygens (including phenoxy) is 3. The van der Waals surface area contributed by atoms with Gasteiger partial charge in [-0.25, -0.2) is 4.79 Å². The van der Waals surface area contributed by atoms with Gasteiger partial charge in [0.2, 0.25) is 5.91 Å². The van der Waals surface area contributed by atoms with E-state index in [0.29, 0.717) is 6.29 Å². The average molecular weight is 529 g/mol. The second kappa shape index (κ2) is 14.4. The quantitative estimate of drug-likeness (QED) is 0.140. The normalized spacial score (nSPS) is 24.8. The van der Waals surface area contributed by atoms with Gasteiger partial charge in [0.25, 0.3) is 5.91 Å². The maximum absolute atomic E-state index is 12.8. The molecule has 0 aromatic rings. The standard InChI is InChI=1S/C25H40N2O10/c1-25(2,14-28)12-11-18(29)19(30)20(31)21(35-3)23(33)27-17-10-9-16(13-26-22(17)32)37-24(34)36-15-7-5-4-6-8-15/h11-12,14-21,29-31H,4-10,13H2,1-3H3,(H,26,32)(H,27,33)/t16-,17+,18-,19+,20-,21-/m1/s1. The molecule has 0 radical (unpaired) electrons. The lowest BCUT2D eigenvalue weighted by atomic mass is 9.93.